The Morgan fingerprint density at radius 3 is 2.43 bits per heavy atom. The van der Waals surface area contributed by atoms with E-state index in [-0.39, 0.29) is 17.9 Å². The molecule has 2 aromatic carbocycles. The summed E-state index contributed by atoms with van der Waals surface area (Å²) in [6, 6.07) is 18.1. The average Bonchev–Trinajstić information content (AvgIpc) is 3.36. The summed E-state index contributed by atoms with van der Waals surface area (Å²) >= 11 is 0. The van der Waals surface area contributed by atoms with Gasteiger partial charge in [0.25, 0.3) is 5.91 Å². The van der Waals surface area contributed by atoms with Crippen molar-refractivity contribution in [3.8, 4) is 11.1 Å². The molecule has 35 heavy (non-hydrogen) atoms. The highest BCUT2D eigenvalue weighted by Gasteiger charge is 2.39. The fourth-order valence-electron chi connectivity index (χ4n) is 4.75. The van der Waals surface area contributed by atoms with E-state index in [1.165, 1.54) is 19.5 Å². The van der Waals surface area contributed by atoms with Gasteiger partial charge in [0, 0.05) is 36.0 Å². The number of ether oxygens (including phenoxy) is 1. The number of nitrogens with one attached hydrogen (secondary N) is 1. The van der Waals surface area contributed by atoms with Gasteiger partial charge >= 0.3 is 5.97 Å². The fraction of sp³-hybridized carbons (Fsp3) is 0.286. The molecule has 2 atom stereocenters. The molecule has 1 fully saturated rings. The van der Waals surface area contributed by atoms with Crippen LogP contribution >= 0.6 is 0 Å². The molecule has 4 rings (SSSR count). The summed E-state index contributed by atoms with van der Waals surface area (Å²) in [6.45, 7) is 2.32. The van der Waals surface area contributed by atoms with Crippen LogP contribution in [0.4, 0.5) is 0 Å². The second-order valence-electron chi connectivity index (χ2n) is 8.89. The number of amides is 1. The Bertz CT molecular complexity index is 1220. The summed E-state index contributed by atoms with van der Waals surface area (Å²) in [5, 5.41) is 19.2. The van der Waals surface area contributed by atoms with E-state index >= 15 is 0 Å². The van der Waals surface area contributed by atoms with Crippen molar-refractivity contribution in [1.29, 1.82) is 5.41 Å². The maximum absolute atomic E-state index is 13.5. The Balaban J connectivity index is 1.55. The quantitative estimate of drug-likeness (QED) is 0.244. The van der Waals surface area contributed by atoms with E-state index < -0.39 is 5.92 Å². The van der Waals surface area contributed by atoms with Crippen molar-refractivity contribution in [2.45, 2.75) is 32.2 Å². The molecule has 1 aliphatic rings. The number of carbonyl (C=O) groups excluding carboxylic acids is 2. The van der Waals surface area contributed by atoms with Gasteiger partial charge in [-0.1, -0.05) is 30.3 Å². The number of benzene rings is 2. The lowest BCUT2D eigenvalue weighted by Crippen LogP contribution is -2.44. The molecule has 1 amide bonds. The minimum Gasteiger partial charge on any atom is -0.619 e. The first kappa shape index (κ1) is 24.1. The van der Waals surface area contributed by atoms with Crippen LogP contribution in [0.3, 0.4) is 0 Å². The number of pyridine rings is 1. The van der Waals surface area contributed by atoms with Gasteiger partial charge in [0.1, 0.15) is 0 Å². The molecule has 0 saturated carbocycles. The third-order valence-corrected chi connectivity index (χ3v) is 6.61. The summed E-state index contributed by atoms with van der Waals surface area (Å²) in [5.41, 5.74) is 4.58. The van der Waals surface area contributed by atoms with Crippen molar-refractivity contribution >= 4 is 17.6 Å². The van der Waals surface area contributed by atoms with Gasteiger partial charge in [-0.25, -0.2) is 0 Å². The lowest BCUT2D eigenvalue weighted by Gasteiger charge is -2.30. The van der Waals surface area contributed by atoms with Crippen molar-refractivity contribution < 1.29 is 19.1 Å². The molecule has 2 unspecified atom stereocenters. The summed E-state index contributed by atoms with van der Waals surface area (Å²) in [4.78, 5) is 28.1. The van der Waals surface area contributed by atoms with Crippen LogP contribution in [0.15, 0.2) is 73.1 Å². The lowest BCUT2D eigenvalue weighted by atomic mass is 9.89. The molecule has 0 spiro atoms. The van der Waals surface area contributed by atoms with Crippen LogP contribution in [0.2, 0.25) is 0 Å². The summed E-state index contributed by atoms with van der Waals surface area (Å²) < 4.78 is 5.87. The third-order valence-electron chi connectivity index (χ3n) is 6.61. The van der Waals surface area contributed by atoms with Crippen LogP contribution in [0.5, 0.6) is 0 Å². The zero-order valence-electron chi connectivity index (χ0n) is 19.9. The van der Waals surface area contributed by atoms with Crippen molar-refractivity contribution in [3.05, 3.63) is 95.0 Å². The Morgan fingerprint density at radius 1 is 1.09 bits per heavy atom. The second kappa shape index (κ2) is 10.5. The van der Waals surface area contributed by atoms with E-state index in [4.69, 9.17) is 10.1 Å². The molecular weight excluding hydrogens is 442 g/mol. The fourth-order valence-corrected chi connectivity index (χ4v) is 4.75. The number of rotatable bonds is 7. The van der Waals surface area contributed by atoms with Gasteiger partial charge in [0.05, 0.1) is 13.0 Å². The van der Waals surface area contributed by atoms with Crippen molar-refractivity contribution in [3.63, 3.8) is 0 Å². The smallest absolute Gasteiger partial charge is 0.311 e. The van der Waals surface area contributed by atoms with Gasteiger partial charge in [-0.3, -0.25) is 9.59 Å². The van der Waals surface area contributed by atoms with Gasteiger partial charge in [-0.05, 0) is 66.6 Å². The summed E-state index contributed by atoms with van der Waals surface area (Å²) in [7, 11) is 1.38. The predicted octanol–water partition coefficient (Wildman–Crippen LogP) is 4.01. The Kier molecular flexibility index (Phi) is 7.25. The Labute approximate surface area is 205 Å². The average molecular weight is 472 g/mol. The van der Waals surface area contributed by atoms with Gasteiger partial charge in [-0.15, -0.1) is 0 Å². The number of carbonyl (C=O) groups is 2. The van der Waals surface area contributed by atoms with Gasteiger partial charge in [0.2, 0.25) is 0 Å². The highest BCUT2D eigenvalue weighted by atomic mass is 16.5. The van der Waals surface area contributed by atoms with E-state index in [1.54, 1.807) is 36.1 Å². The van der Waals surface area contributed by atoms with Gasteiger partial charge < -0.3 is 20.3 Å². The first-order valence-corrected chi connectivity index (χ1v) is 11.7. The van der Waals surface area contributed by atoms with Gasteiger partial charge in [-0.2, -0.15) is 4.73 Å². The largest absolute Gasteiger partial charge is 0.619 e. The maximum atomic E-state index is 13.5. The molecule has 1 saturated heterocycles. The minimum atomic E-state index is -0.491. The normalized spacial score (nSPS) is 16.1. The van der Waals surface area contributed by atoms with Crippen LogP contribution in [0, 0.1) is 16.5 Å². The zero-order valence-corrected chi connectivity index (χ0v) is 19.9. The summed E-state index contributed by atoms with van der Waals surface area (Å²) in [5.74, 6) is -0.931. The molecule has 0 radical (unpaired) electrons. The molecule has 7 nitrogen and oxygen atoms in total. The van der Waals surface area contributed by atoms with E-state index in [0.717, 1.165) is 39.8 Å². The number of esters is 1. The van der Waals surface area contributed by atoms with Crippen molar-refractivity contribution in [2.24, 2.45) is 5.92 Å². The number of hydrogen-bond acceptors (Lipinski definition) is 5. The molecule has 1 aromatic heterocycles. The maximum Gasteiger partial charge on any atom is 0.311 e. The van der Waals surface area contributed by atoms with E-state index in [2.05, 4.69) is 0 Å². The van der Waals surface area contributed by atoms with Crippen LogP contribution in [-0.2, 0) is 16.0 Å². The first-order valence-electron chi connectivity index (χ1n) is 11.7. The molecule has 0 aliphatic carbocycles. The molecule has 1 aliphatic heterocycles. The minimum absolute atomic E-state index is 0.109. The summed E-state index contributed by atoms with van der Waals surface area (Å²) in [6.07, 6.45) is 4.87. The number of likely N-dealkylation sites (tertiary alicyclic amines) is 1. The molecule has 2 heterocycles. The molecule has 180 valence electrons. The van der Waals surface area contributed by atoms with Crippen LogP contribution < -0.4 is 4.73 Å². The number of methoxy groups -OCH3 is 1. The molecule has 0 bridgehead atoms. The highest BCUT2D eigenvalue weighted by molar-refractivity contribution is 5.96. The number of nitrogens with zero attached hydrogens (tertiary/aromatic N) is 2. The number of aromatic nitrogens is 1. The van der Waals surface area contributed by atoms with Crippen molar-refractivity contribution in [1.82, 2.24) is 4.90 Å². The van der Waals surface area contributed by atoms with E-state index in [0.29, 0.717) is 24.2 Å². The standard InChI is InChI=1S/C28H29N3O4/c1-19(29)24-6-3-5-20(17-24)18-25(28(33)35-2)26-7-4-14-31(26)27(32)23-10-8-21(9-11-23)22-12-15-30(34)16-13-22/h3,5-6,8-13,15-17,25-26,29H,4,7,14,18H2,1-2H3. The lowest BCUT2D eigenvalue weighted by molar-refractivity contribution is -0.605. The molecular formula is C28H29N3O4. The second-order valence-corrected chi connectivity index (χ2v) is 8.89. The number of hydrogen-bond donors (Lipinski definition) is 1. The Hall–Kier alpha value is -4.00. The van der Waals surface area contributed by atoms with Crippen LogP contribution in [-0.4, -0.2) is 42.2 Å². The predicted molar refractivity (Wildman–Crippen MR) is 133 cm³/mol. The molecule has 3 aromatic rings. The zero-order chi connectivity index (χ0) is 24.9. The van der Waals surface area contributed by atoms with Crippen LogP contribution in [0.25, 0.3) is 11.1 Å². The SMILES string of the molecule is COC(=O)C(Cc1cccc(C(C)=N)c1)C1CCCN1C(=O)c1ccc(-c2cc[n+]([O-])cc2)cc1. The first-order chi connectivity index (χ1) is 16.9. The van der Waals surface area contributed by atoms with E-state index in [1.807, 2.05) is 36.4 Å². The monoisotopic (exact) mass is 471 g/mol. The Morgan fingerprint density at radius 2 is 1.77 bits per heavy atom. The van der Waals surface area contributed by atoms with E-state index in [9.17, 15) is 14.8 Å². The topological polar surface area (TPSA) is 97.4 Å². The van der Waals surface area contributed by atoms with Gasteiger partial charge in [0.15, 0.2) is 12.4 Å². The molecule has 1 N–H and O–H groups in total. The van der Waals surface area contributed by atoms with Crippen LogP contribution in [0.1, 0.15) is 41.3 Å². The highest BCUT2D eigenvalue weighted by Crippen LogP contribution is 2.30. The third kappa shape index (κ3) is 5.40. The van der Waals surface area contributed by atoms with Crippen molar-refractivity contribution in [2.75, 3.05) is 13.7 Å². The molecule has 7 heteroatoms.